The van der Waals surface area contributed by atoms with Crippen LogP contribution in [0.15, 0.2) is 18.6 Å². The van der Waals surface area contributed by atoms with E-state index in [-0.39, 0.29) is 42.5 Å². The Morgan fingerprint density at radius 1 is 1.24 bits per heavy atom. The molecule has 1 aliphatic rings. The van der Waals surface area contributed by atoms with E-state index in [0.29, 0.717) is 5.69 Å². The summed E-state index contributed by atoms with van der Waals surface area (Å²) < 4.78 is 28.4. The number of aromatic nitrogens is 4. The highest BCUT2D eigenvalue weighted by Crippen LogP contribution is 2.43. The zero-order valence-corrected chi connectivity index (χ0v) is 14.1. The summed E-state index contributed by atoms with van der Waals surface area (Å²) in [5.41, 5.74) is -1.39. The second kappa shape index (κ2) is 6.64. The molecule has 0 radical (unpaired) electrons. The van der Waals surface area contributed by atoms with Crippen LogP contribution < -0.4 is 0 Å². The van der Waals surface area contributed by atoms with Crippen LogP contribution in [0.5, 0.6) is 0 Å². The minimum atomic E-state index is -2.82. The van der Waals surface area contributed by atoms with Gasteiger partial charge in [-0.25, -0.2) is 28.5 Å². The maximum absolute atomic E-state index is 13.4. The van der Waals surface area contributed by atoms with Gasteiger partial charge in [-0.2, -0.15) is 0 Å². The predicted molar refractivity (Wildman–Crippen MR) is 85.8 cm³/mol. The summed E-state index contributed by atoms with van der Waals surface area (Å²) in [6, 6.07) is 1.14. The molecule has 0 aromatic carbocycles. The fraction of sp³-hybridized carbons (Fsp3) is 0.467. The molecule has 0 spiro atoms. The summed E-state index contributed by atoms with van der Waals surface area (Å²) in [6.45, 7) is 0. The molecule has 2 heterocycles. The smallest absolute Gasteiger partial charge is 0.354 e. The van der Waals surface area contributed by atoms with Gasteiger partial charge in [-0.05, 0) is 18.9 Å². The lowest BCUT2D eigenvalue weighted by molar-refractivity contribution is -0.108. The number of hydrogen-bond donors (Lipinski definition) is 2. The Kier molecular flexibility index (Phi) is 5.10. The van der Waals surface area contributed by atoms with Crippen LogP contribution in [0, 0.1) is 0 Å². The van der Waals surface area contributed by atoms with E-state index in [1.54, 1.807) is 11.6 Å². The topological polar surface area (TPSA) is 101 Å². The average Bonchev–Trinajstić information content (AvgIpc) is 2.96. The molecule has 0 bridgehead atoms. The lowest BCUT2D eigenvalue weighted by Gasteiger charge is -2.35. The van der Waals surface area contributed by atoms with Crippen LogP contribution in [0.1, 0.15) is 41.9 Å². The number of aryl methyl sites for hydroxylation is 1. The first-order valence-corrected chi connectivity index (χ1v) is 7.40. The minimum Gasteiger partial charge on any atom is -0.477 e. The van der Waals surface area contributed by atoms with E-state index in [1.807, 2.05) is 0 Å². The van der Waals surface area contributed by atoms with E-state index in [2.05, 4.69) is 15.0 Å². The van der Waals surface area contributed by atoms with Gasteiger partial charge >= 0.3 is 5.97 Å². The lowest BCUT2D eigenvalue weighted by Crippen LogP contribution is -2.37. The number of aromatic carboxylic acids is 1. The molecule has 0 unspecified atom stereocenters. The maximum atomic E-state index is 13.4. The SMILES string of the molecule is Cl.Cn1cncc1-c1nc(C(=O)O)cc(C2(O)CCC(F)(F)CC2)n1. The number of carboxylic acids is 1. The van der Waals surface area contributed by atoms with Crippen LogP contribution in [-0.4, -0.2) is 41.6 Å². The molecule has 2 N–H and O–H groups in total. The first-order chi connectivity index (χ1) is 11.2. The molecule has 2 aromatic rings. The van der Waals surface area contributed by atoms with E-state index in [0.717, 1.165) is 6.07 Å². The van der Waals surface area contributed by atoms with E-state index < -0.39 is 30.3 Å². The van der Waals surface area contributed by atoms with Crippen molar-refractivity contribution >= 4 is 18.4 Å². The van der Waals surface area contributed by atoms with Gasteiger partial charge in [-0.15, -0.1) is 12.4 Å². The molecule has 0 saturated heterocycles. The molecule has 136 valence electrons. The number of halogens is 3. The quantitative estimate of drug-likeness (QED) is 0.855. The zero-order chi connectivity index (χ0) is 17.5. The summed E-state index contributed by atoms with van der Waals surface area (Å²) >= 11 is 0. The summed E-state index contributed by atoms with van der Waals surface area (Å²) in [5.74, 6) is -4.03. The van der Waals surface area contributed by atoms with Crippen molar-refractivity contribution in [2.45, 2.75) is 37.2 Å². The van der Waals surface area contributed by atoms with Crippen LogP contribution in [0.4, 0.5) is 8.78 Å². The molecule has 10 heteroatoms. The molecular weight excluding hydrogens is 358 g/mol. The zero-order valence-electron chi connectivity index (χ0n) is 13.3. The van der Waals surface area contributed by atoms with Gasteiger partial charge in [0, 0.05) is 19.9 Å². The number of carbonyl (C=O) groups is 1. The van der Waals surface area contributed by atoms with Gasteiger partial charge < -0.3 is 14.8 Å². The molecular formula is C15H17ClF2N4O3. The summed E-state index contributed by atoms with van der Waals surface area (Å²) in [4.78, 5) is 23.5. The summed E-state index contributed by atoms with van der Waals surface area (Å²) in [7, 11) is 1.69. The number of aliphatic hydroxyl groups is 1. The van der Waals surface area contributed by atoms with Gasteiger partial charge in [0.05, 0.1) is 18.2 Å². The fourth-order valence-corrected chi connectivity index (χ4v) is 2.77. The van der Waals surface area contributed by atoms with Gasteiger partial charge in [0.15, 0.2) is 11.5 Å². The minimum absolute atomic E-state index is 0. The molecule has 25 heavy (non-hydrogen) atoms. The molecule has 3 rings (SSSR count). The van der Waals surface area contributed by atoms with Crippen molar-refractivity contribution in [2.75, 3.05) is 0 Å². The Balaban J connectivity index is 0.00000225. The molecule has 1 saturated carbocycles. The van der Waals surface area contributed by atoms with E-state index >= 15 is 0 Å². The third kappa shape index (κ3) is 3.77. The predicted octanol–water partition coefficient (Wildman–Crippen LogP) is 2.39. The van der Waals surface area contributed by atoms with Crippen molar-refractivity contribution in [2.24, 2.45) is 7.05 Å². The molecule has 1 aliphatic carbocycles. The van der Waals surface area contributed by atoms with Crippen LogP contribution in [-0.2, 0) is 12.6 Å². The second-order valence-corrected chi connectivity index (χ2v) is 6.04. The monoisotopic (exact) mass is 374 g/mol. The highest BCUT2D eigenvalue weighted by molar-refractivity contribution is 5.86. The first-order valence-electron chi connectivity index (χ1n) is 7.40. The number of carboxylic acid groups (broad SMARTS) is 1. The van der Waals surface area contributed by atoms with Crippen molar-refractivity contribution in [1.82, 2.24) is 19.5 Å². The summed E-state index contributed by atoms with van der Waals surface area (Å²) in [5, 5.41) is 20.0. The number of hydrogen-bond acceptors (Lipinski definition) is 5. The van der Waals surface area contributed by atoms with Gasteiger partial charge in [-0.1, -0.05) is 0 Å². The number of rotatable bonds is 3. The van der Waals surface area contributed by atoms with Crippen molar-refractivity contribution in [3.63, 3.8) is 0 Å². The third-order valence-electron chi connectivity index (χ3n) is 4.28. The Labute approximate surface area is 148 Å². The Hall–Kier alpha value is -2.13. The van der Waals surface area contributed by atoms with E-state index in [4.69, 9.17) is 0 Å². The molecule has 0 amide bonds. The highest BCUT2D eigenvalue weighted by Gasteiger charge is 2.44. The van der Waals surface area contributed by atoms with Crippen molar-refractivity contribution in [3.05, 3.63) is 30.0 Å². The lowest BCUT2D eigenvalue weighted by atomic mass is 9.80. The number of nitrogens with zero attached hydrogens (tertiary/aromatic N) is 4. The normalized spacial score (nSPS) is 18.4. The van der Waals surface area contributed by atoms with E-state index in [9.17, 15) is 23.8 Å². The molecule has 1 fully saturated rings. The Morgan fingerprint density at radius 2 is 1.88 bits per heavy atom. The van der Waals surface area contributed by atoms with Crippen molar-refractivity contribution in [3.8, 4) is 11.5 Å². The molecule has 2 aromatic heterocycles. The Morgan fingerprint density at radius 3 is 2.40 bits per heavy atom. The second-order valence-electron chi connectivity index (χ2n) is 6.04. The highest BCUT2D eigenvalue weighted by atomic mass is 35.5. The van der Waals surface area contributed by atoms with Crippen LogP contribution in [0.3, 0.4) is 0 Å². The van der Waals surface area contributed by atoms with Crippen LogP contribution in [0.2, 0.25) is 0 Å². The fourth-order valence-electron chi connectivity index (χ4n) is 2.77. The van der Waals surface area contributed by atoms with Crippen LogP contribution in [0.25, 0.3) is 11.5 Å². The van der Waals surface area contributed by atoms with Gasteiger partial charge in [-0.3, -0.25) is 0 Å². The van der Waals surface area contributed by atoms with Gasteiger partial charge in [0.2, 0.25) is 5.92 Å². The molecule has 0 aliphatic heterocycles. The third-order valence-corrected chi connectivity index (χ3v) is 4.28. The maximum Gasteiger partial charge on any atom is 0.354 e. The van der Waals surface area contributed by atoms with Gasteiger partial charge in [0.25, 0.3) is 0 Å². The van der Waals surface area contributed by atoms with Crippen LogP contribution >= 0.6 is 12.4 Å². The van der Waals surface area contributed by atoms with Crippen molar-refractivity contribution in [1.29, 1.82) is 0 Å². The number of imidazole rings is 1. The molecule has 0 atom stereocenters. The van der Waals surface area contributed by atoms with Crippen molar-refractivity contribution < 1.29 is 23.8 Å². The number of alkyl halides is 2. The summed E-state index contributed by atoms with van der Waals surface area (Å²) in [6.07, 6.45) is 1.63. The standard InChI is InChI=1S/C15H16F2N4O3.ClH/c1-21-8-18-7-10(21)12-19-9(13(22)23)6-11(20-12)14(24)2-4-15(16,17)5-3-14;/h6-8,24H,2-5H2,1H3,(H,22,23);1H. The Bertz CT molecular complexity index is 787. The average molecular weight is 375 g/mol. The molecule has 7 nitrogen and oxygen atoms in total. The van der Waals surface area contributed by atoms with E-state index in [1.165, 1.54) is 12.5 Å². The van der Waals surface area contributed by atoms with Gasteiger partial charge in [0.1, 0.15) is 11.3 Å². The first kappa shape index (κ1) is 19.2. The largest absolute Gasteiger partial charge is 0.477 e.